The fraction of sp³-hybridized carbons (Fsp3) is 0.960. The molecule has 0 bridgehead atoms. The molecule has 0 aliphatic heterocycles. The number of hydrogen-bond donors (Lipinski definition) is 3. The molecule has 0 heterocycles. The first-order valence-electron chi connectivity index (χ1n) is 12.5. The summed E-state index contributed by atoms with van der Waals surface area (Å²) in [5.74, 6) is 2.72. The Balaban J connectivity index is 0.00000900. The van der Waals surface area contributed by atoms with Crippen LogP contribution in [0.2, 0.25) is 0 Å². The maximum Gasteiger partial charge on any atom is 0.223 e. The van der Waals surface area contributed by atoms with Crippen molar-refractivity contribution in [3.05, 3.63) is 0 Å². The van der Waals surface area contributed by atoms with Crippen LogP contribution in [0.15, 0.2) is 0 Å². The summed E-state index contributed by atoms with van der Waals surface area (Å²) in [7, 11) is 0. The van der Waals surface area contributed by atoms with Gasteiger partial charge in [-0.25, -0.2) is 0 Å². The van der Waals surface area contributed by atoms with Crippen LogP contribution in [0.3, 0.4) is 0 Å². The van der Waals surface area contributed by atoms with Crippen LogP contribution in [-0.2, 0) is 4.79 Å². The third kappa shape index (κ3) is 14.0. The van der Waals surface area contributed by atoms with E-state index in [4.69, 9.17) is 0 Å². The van der Waals surface area contributed by atoms with Crippen LogP contribution in [0.25, 0.3) is 0 Å². The number of carbonyl (C=O) groups is 1. The van der Waals surface area contributed by atoms with Crippen molar-refractivity contribution in [2.24, 2.45) is 23.7 Å². The van der Waals surface area contributed by atoms with E-state index in [0.29, 0.717) is 18.3 Å². The minimum Gasteiger partial charge on any atom is -0.391 e. The van der Waals surface area contributed by atoms with Gasteiger partial charge in [-0.05, 0) is 68.4 Å². The Labute approximate surface area is 203 Å². The zero-order chi connectivity index (χ0) is 22.4. The molecule has 6 heteroatoms. The third-order valence-corrected chi connectivity index (χ3v) is 7.30. The molecular weight excluding hydrogens is 428 g/mol. The van der Waals surface area contributed by atoms with Gasteiger partial charge in [0.2, 0.25) is 5.91 Å². The van der Waals surface area contributed by atoms with E-state index in [1.807, 2.05) is 11.8 Å². The molecule has 0 radical (unpaired) electrons. The van der Waals surface area contributed by atoms with E-state index in [9.17, 15) is 9.90 Å². The van der Waals surface area contributed by atoms with Gasteiger partial charge >= 0.3 is 0 Å². The van der Waals surface area contributed by atoms with Crippen molar-refractivity contribution in [2.75, 3.05) is 25.1 Å². The maximum absolute atomic E-state index is 12.8. The molecule has 0 aromatic heterocycles. The first kappa shape index (κ1) is 31.0. The normalized spacial score (nSPS) is 17.9. The average molecular weight is 479 g/mol. The lowest BCUT2D eigenvalue weighted by atomic mass is 9.81. The van der Waals surface area contributed by atoms with Gasteiger partial charge in [0.15, 0.2) is 0 Å². The standard InChI is InChI=1S/C25H50N2O2S.ClH/c1-19(2)11-9-14-26-23(17-21-12-7-6-8-13-21)24(28)18-22(20(3)4)25(29)27-15-10-16-30-5;/h19-24,26,28H,6-18H2,1-5H3,(H,27,29);1H. The Morgan fingerprint density at radius 1 is 1.06 bits per heavy atom. The summed E-state index contributed by atoms with van der Waals surface area (Å²) in [6.45, 7) is 10.4. The SMILES string of the molecule is CSCCCNC(=O)C(CC(O)C(CC1CCCCC1)NCCCC(C)C)C(C)C.Cl. The smallest absolute Gasteiger partial charge is 0.223 e. The zero-order valence-corrected chi connectivity index (χ0v) is 22.5. The van der Waals surface area contributed by atoms with Crippen molar-refractivity contribution in [3.8, 4) is 0 Å². The Morgan fingerprint density at radius 3 is 2.32 bits per heavy atom. The number of amides is 1. The number of aliphatic hydroxyl groups excluding tert-OH is 1. The number of hydrogen-bond acceptors (Lipinski definition) is 4. The van der Waals surface area contributed by atoms with E-state index >= 15 is 0 Å². The summed E-state index contributed by atoms with van der Waals surface area (Å²) in [5.41, 5.74) is 0. The van der Waals surface area contributed by atoms with Crippen LogP contribution < -0.4 is 10.6 Å². The largest absolute Gasteiger partial charge is 0.391 e. The Kier molecular flexibility index (Phi) is 18.5. The quantitative estimate of drug-likeness (QED) is 0.250. The number of nitrogens with one attached hydrogen (secondary N) is 2. The van der Waals surface area contributed by atoms with E-state index in [0.717, 1.165) is 38.1 Å². The van der Waals surface area contributed by atoms with Crippen LogP contribution in [0.4, 0.5) is 0 Å². The molecule has 0 spiro atoms. The van der Waals surface area contributed by atoms with Crippen molar-refractivity contribution in [1.29, 1.82) is 0 Å². The Hall–Kier alpha value is 0.0300. The molecule has 3 N–H and O–H groups in total. The lowest BCUT2D eigenvalue weighted by Gasteiger charge is -2.32. The topological polar surface area (TPSA) is 61.4 Å². The zero-order valence-electron chi connectivity index (χ0n) is 20.8. The molecule has 0 saturated heterocycles. The molecule has 3 unspecified atom stereocenters. The van der Waals surface area contributed by atoms with Gasteiger partial charge in [-0.3, -0.25) is 4.79 Å². The highest BCUT2D eigenvalue weighted by molar-refractivity contribution is 7.98. The monoisotopic (exact) mass is 478 g/mol. The van der Waals surface area contributed by atoms with Gasteiger partial charge in [-0.1, -0.05) is 59.8 Å². The molecule has 0 aromatic carbocycles. The predicted molar refractivity (Wildman–Crippen MR) is 139 cm³/mol. The second kappa shape index (κ2) is 18.5. The van der Waals surface area contributed by atoms with E-state index in [1.165, 1.54) is 38.5 Å². The Bertz CT molecular complexity index is 445. The first-order valence-corrected chi connectivity index (χ1v) is 13.9. The summed E-state index contributed by atoms with van der Waals surface area (Å²) in [5, 5.41) is 18.0. The van der Waals surface area contributed by atoms with Crippen molar-refractivity contribution in [3.63, 3.8) is 0 Å². The highest BCUT2D eigenvalue weighted by Gasteiger charge is 2.30. The average Bonchev–Trinajstić information content (AvgIpc) is 2.71. The number of aliphatic hydroxyl groups is 1. The molecule has 1 aliphatic rings. The van der Waals surface area contributed by atoms with Gasteiger partial charge in [0, 0.05) is 18.5 Å². The van der Waals surface area contributed by atoms with Gasteiger partial charge in [-0.15, -0.1) is 12.4 Å². The van der Waals surface area contributed by atoms with E-state index in [1.54, 1.807) is 0 Å². The van der Waals surface area contributed by atoms with Crippen molar-refractivity contribution in [1.82, 2.24) is 10.6 Å². The van der Waals surface area contributed by atoms with Crippen LogP contribution in [0.1, 0.15) is 91.9 Å². The number of carbonyl (C=O) groups excluding carboxylic acids is 1. The highest BCUT2D eigenvalue weighted by atomic mass is 35.5. The molecule has 0 aromatic rings. The number of rotatable bonds is 16. The van der Waals surface area contributed by atoms with E-state index in [2.05, 4.69) is 44.6 Å². The van der Waals surface area contributed by atoms with E-state index < -0.39 is 6.10 Å². The molecule has 1 saturated carbocycles. The lowest BCUT2D eigenvalue weighted by molar-refractivity contribution is -0.127. The molecule has 1 fully saturated rings. The van der Waals surface area contributed by atoms with Crippen LogP contribution in [0, 0.1) is 23.7 Å². The minimum atomic E-state index is -0.463. The molecule has 31 heavy (non-hydrogen) atoms. The molecule has 186 valence electrons. The summed E-state index contributed by atoms with van der Waals surface area (Å²) >= 11 is 1.81. The van der Waals surface area contributed by atoms with Crippen LogP contribution in [0.5, 0.6) is 0 Å². The van der Waals surface area contributed by atoms with Gasteiger partial charge < -0.3 is 15.7 Å². The molecule has 1 rings (SSSR count). The van der Waals surface area contributed by atoms with Crippen molar-refractivity contribution >= 4 is 30.1 Å². The van der Waals surface area contributed by atoms with Gasteiger partial charge in [-0.2, -0.15) is 11.8 Å². The number of thioether (sulfide) groups is 1. The van der Waals surface area contributed by atoms with Crippen LogP contribution in [-0.4, -0.2) is 48.3 Å². The molecule has 3 atom stereocenters. The summed E-state index contributed by atoms with van der Waals surface area (Å²) < 4.78 is 0. The first-order chi connectivity index (χ1) is 14.3. The fourth-order valence-corrected chi connectivity index (χ4v) is 5.05. The molecular formula is C25H51ClN2O2S. The summed E-state index contributed by atoms with van der Waals surface area (Å²) in [6.07, 6.45) is 13.2. The number of halogens is 1. The second-order valence-corrected chi connectivity index (χ2v) is 11.1. The fourth-order valence-electron chi connectivity index (χ4n) is 4.62. The highest BCUT2D eigenvalue weighted by Crippen LogP contribution is 2.29. The lowest BCUT2D eigenvalue weighted by Crippen LogP contribution is -2.45. The third-order valence-electron chi connectivity index (χ3n) is 6.60. The van der Waals surface area contributed by atoms with Crippen molar-refractivity contribution in [2.45, 2.75) is 104 Å². The predicted octanol–water partition coefficient (Wildman–Crippen LogP) is 5.67. The van der Waals surface area contributed by atoms with Gasteiger partial charge in [0.05, 0.1) is 6.10 Å². The minimum absolute atomic E-state index is 0. The van der Waals surface area contributed by atoms with Crippen LogP contribution >= 0.6 is 24.2 Å². The summed E-state index contributed by atoms with van der Waals surface area (Å²) in [4.78, 5) is 12.8. The Morgan fingerprint density at radius 2 is 1.74 bits per heavy atom. The van der Waals surface area contributed by atoms with E-state index in [-0.39, 0.29) is 36.2 Å². The maximum atomic E-state index is 12.8. The van der Waals surface area contributed by atoms with Gasteiger partial charge in [0.25, 0.3) is 0 Å². The second-order valence-electron chi connectivity index (χ2n) is 10.1. The molecule has 4 nitrogen and oxygen atoms in total. The van der Waals surface area contributed by atoms with Crippen molar-refractivity contribution < 1.29 is 9.90 Å². The van der Waals surface area contributed by atoms with Gasteiger partial charge in [0.1, 0.15) is 0 Å². The summed E-state index contributed by atoms with van der Waals surface area (Å²) in [6, 6.07) is 0.103. The molecule has 1 aliphatic carbocycles. The molecule has 1 amide bonds.